The summed E-state index contributed by atoms with van der Waals surface area (Å²) in [6, 6.07) is 14.4. The van der Waals surface area contributed by atoms with E-state index in [1.807, 2.05) is 32.3 Å². The van der Waals surface area contributed by atoms with Crippen LogP contribution < -0.4 is 24.6 Å². The van der Waals surface area contributed by atoms with Crippen molar-refractivity contribution >= 4 is 11.6 Å². The first kappa shape index (κ1) is 22.9. The second-order valence-corrected chi connectivity index (χ2v) is 7.98. The van der Waals surface area contributed by atoms with E-state index in [1.54, 1.807) is 14.2 Å². The average Bonchev–Trinajstić information content (AvgIpc) is 2.80. The van der Waals surface area contributed by atoms with Crippen molar-refractivity contribution in [3.63, 3.8) is 0 Å². The third-order valence-electron chi connectivity index (χ3n) is 5.76. The van der Waals surface area contributed by atoms with Gasteiger partial charge in [0.2, 0.25) is 5.91 Å². The second kappa shape index (κ2) is 11.0. The molecule has 0 aliphatic carbocycles. The molecule has 3 rings (SSSR count). The Morgan fingerprint density at radius 3 is 2.35 bits per heavy atom. The van der Waals surface area contributed by atoms with Crippen LogP contribution in [0.4, 0.5) is 5.69 Å². The van der Waals surface area contributed by atoms with Crippen LogP contribution in [0.15, 0.2) is 42.5 Å². The Morgan fingerprint density at radius 2 is 1.74 bits per heavy atom. The Kier molecular flexibility index (Phi) is 8.14. The zero-order valence-corrected chi connectivity index (χ0v) is 18.9. The smallest absolute Gasteiger partial charge is 0.224 e. The molecule has 31 heavy (non-hydrogen) atoms. The molecule has 0 spiro atoms. The van der Waals surface area contributed by atoms with Gasteiger partial charge in [0.05, 0.1) is 40.4 Å². The van der Waals surface area contributed by atoms with Gasteiger partial charge in [-0.25, -0.2) is 0 Å². The highest BCUT2D eigenvalue weighted by atomic mass is 16.5. The molecule has 1 saturated heterocycles. The Bertz CT molecular complexity index is 848. The van der Waals surface area contributed by atoms with Gasteiger partial charge in [0.25, 0.3) is 0 Å². The molecule has 2 aromatic carbocycles. The van der Waals surface area contributed by atoms with Crippen LogP contribution in [0.5, 0.6) is 11.5 Å². The van der Waals surface area contributed by atoms with E-state index in [-0.39, 0.29) is 11.9 Å². The number of ether oxygens (including phenoxy) is 3. The first-order valence-corrected chi connectivity index (χ1v) is 10.7. The molecule has 2 aromatic rings. The van der Waals surface area contributed by atoms with E-state index < -0.39 is 0 Å². The highest BCUT2D eigenvalue weighted by molar-refractivity contribution is 5.78. The minimum Gasteiger partial charge on any atom is -0.493 e. The van der Waals surface area contributed by atoms with Gasteiger partial charge in [-0.3, -0.25) is 4.79 Å². The molecule has 168 valence electrons. The Morgan fingerprint density at radius 1 is 1.06 bits per heavy atom. The van der Waals surface area contributed by atoms with E-state index in [4.69, 9.17) is 14.2 Å². The third-order valence-corrected chi connectivity index (χ3v) is 5.76. The number of hydrogen-bond donors (Lipinski definition) is 2. The maximum absolute atomic E-state index is 12.7. The van der Waals surface area contributed by atoms with Crippen LogP contribution in [0.2, 0.25) is 0 Å². The van der Waals surface area contributed by atoms with Crippen LogP contribution in [0, 0.1) is 0 Å². The van der Waals surface area contributed by atoms with Crippen molar-refractivity contribution < 1.29 is 23.9 Å². The maximum Gasteiger partial charge on any atom is 0.224 e. The number of morpholine rings is 1. The van der Waals surface area contributed by atoms with Crippen LogP contribution in [-0.4, -0.2) is 67.1 Å². The molecule has 2 N–H and O–H groups in total. The topological polar surface area (TPSA) is 64.5 Å². The van der Waals surface area contributed by atoms with Crippen molar-refractivity contribution in [2.75, 3.05) is 66.1 Å². The third kappa shape index (κ3) is 6.12. The molecule has 7 heteroatoms. The standard InChI is InChI=1S/C24H33N3O4/c1-26(2)20-8-6-19(7-9-20)21(27-11-13-31-14-12-27)17-25-24(28)16-18-5-10-22(29-3)23(15-18)30-4/h5-10,15,21H,11-14,16-17H2,1-4H3,(H,25,28)/p+1/t21-/m0/s1. The Balaban J connectivity index is 1.67. The summed E-state index contributed by atoms with van der Waals surface area (Å²) >= 11 is 0. The van der Waals surface area contributed by atoms with Gasteiger partial charge in [-0.05, 0) is 29.8 Å². The molecule has 7 nitrogen and oxygen atoms in total. The summed E-state index contributed by atoms with van der Waals surface area (Å²) in [4.78, 5) is 16.2. The minimum absolute atomic E-state index is 0.00482. The Labute approximate surface area is 184 Å². The number of anilines is 1. The molecule has 0 bridgehead atoms. The fourth-order valence-corrected chi connectivity index (χ4v) is 3.94. The number of methoxy groups -OCH3 is 2. The molecule has 1 atom stereocenters. The van der Waals surface area contributed by atoms with Gasteiger partial charge in [0.1, 0.15) is 19.1 Å². The number of rotatable bonds is 9. The number of benzene rings is 2. The van der Waals surface area contributed by atoms with Gasteiger partial charge >= 0.3 is 0 Å². The fourth-order valence-electron chi connectivity index (χ4n) is 3.94. The monoisotopic (exact) mass is 428 g/mol. The largest absolute Gasteiger partial charge is 0.493 e. The van der Waals surface area contributed by atoms with Gasteiger partial charge in [-0.15, -0.1) is 0 Å². The van der Waals surface area contributed by atoms with Gasteiger partial charge in [-0.2, -0.15) is 0 Å². The molecular weight excluding hydrogens is 394 g/mol. The zero-order chi connectivity index (χ0) is 22.2. The van der Waals surface area contributed by atoms with Crippen LogP contribution in [0.1, 0.15) is 17.2 Å². The predicted octanol–water partition coefficient (Wildman–Crippen LogP) is 1.08. The number of amides is 1. The summed E-state index contributed by atoms with van der Waals surface area (Å²) < 4.78 is 16.2. The van der Waals surface area contributed by atoms with Crippen molar-refractivity contribution in [2.45, 2.75) is 12.5 Å². The van der Waals surface area contributed by atoms with Crippen molar-refractivity contribution in [1.82, 2.24) is 5.32 Å². The molecule has 0 aromatic heterocycles. The highest BCUT2D eigenvalue weighted by Gasteiger charge is 2.27. The number of nitrogens with zero attached hydrogens (tertiary/aromatic N) is 1. The van der Waals surface area contributed by atoms with E-state index in [1.165, 1.54) is 10.5 Å². The number of hydrogen-bond acceptors (Lipinski definition) is 5. The first-order chi connectivity index (χ1) is 15.0. The first-order valence-electron chi connectivity index (χ1n) is 10.7. The molecular formula is C24H34N3O4+. The summed E-state index contributed by atoms with van der Waals surface area (Å²) in [5.74, 6) is 1.28. The second-order valence-electron chi connectivity index (χ2n) is 7.98. The van der Waals surface area contributed by atoms with Gasteiger partial charge < -0.3 is 29.3 Å². The lowest BCUT2D eigenvalue weighted by atomic mass is 10.0. The summed E-state index contributed by atoms with van der Waals surface area (Å²) in [6.45, 7) is 3.96. The Hall–Kier alpha value is -2.77. The van der Waals surface area contributed by atoms with Crippen molar-refractivity contribution in [3.05, 3.63) is 53.6 Å². The lowest BCUT2D eigenvalue weighted by molar-refractivity contribution is -0.937. The molecule has 1 amide bonds. The van der Waals surface area contributed by atoms with E-state index in [0.29, 0.717) is 24.5 Å². The van der Waals surface area contributed by atoms with Gasteiger partial charge in [0.15, 0.2) is 11.5 Å². The molecule has 1 aliphatic rings. The van der Waals surface area contributed by atoms with Crippen LogP contribution >= 0.6 is 0 Å². The zero-order valence-electron chi connectivity index (χ0n) is 18.9. The normalized spacial score (nSPS) is 15.2. The summed E-state index contributed by atoms with van der Waals surface area (Å²) in [6.07, 6.45) is 0.297. The molecule has 1 heterocycles. The summed E-state index contributed by atoms with van der Waals surface area (Å²) in [5, 5.41) is 3.15. The molecule has 1 fully saturated rings. The van der Waals surface area contributed by atoms with Crippen LogP contribution in [-0.2, 0) is 16.0 Å². The number of carbonyl (C=O) groups excluding carboxylic acids is 1. The SMILES string of the molecule is COc1ccc(CC(=O)NC[C@@H](c2ccc(N(C)C)cc2)[NH+]2CCOCC2)cc1OC. The fraction of sp³-hybridized carbons (Fsp3) is 0.458. The van der Waals surface area contributed by atoms with E-state index in [0.717, 1.165) is 37.6 Å². The quantitative estimate of drug-likeness (QED) is 0.626. The summed E-state index contributed by atoms with van der Waals surface area (Å²) in [5.41, 5.74) is 3.28. The molecule has 0 unspecified atom stereocenters. The van der Waals surface area contributed by atoms with E-state index in [2.05, 4.69) is 34.5 Å². The number of quaternary nitrogens is 1. The highest BCUT2D eigenvalue weighted by Crippen LogP contribution is 2.27. The van der Waals surface area contributed by atoms with E-state index >= 15 is 0 Å². The van der Waals surface area contributed by atoms with Gasteiger partial charge in [-0.1, -0.05) is 18.2 Å². The molecule has 0 saturated carbocycles. The number of nitrogens with one attached hydrogen (secondary N) is 2. The van der Waals surface area contributed by atoms with Crippen molar-refractivity contribution in [3.8, 4) is 11.5 Å². The van der Waals surface area contributed by atoms with Crippen LogP contribution in [0.3, 0.4) is 0 Å². The number of carbonyl (C=O) groups is 1. The maximum atomic E-state index is 12.7. The van der Waals surface area contributed by atoms with Crippen LogP contribution in [0.25, 0.3) is 0 Å². The van der Waals surface area contributed by atoms with Crippen molar-refractivity contribution in [1.29, 1.82) is 0 Å². The van der Waals surface area contributed by atoms with Crippen molar-refractivity contribution in [2.24, 2.45) is 0 Å². The average molecular weight is 429 g/mol. The predicted molar refractivity (Wildman–Crippen MR) is 121 cm³/mol. The van der Waals surface area contributed by atoms with E-state index in [9.17, 15) is 4.79 Å². The minimum atomic E-state index is -0.00482. The lowest BCUT2D eigenvalue weighted by Crippen LogP contribution is -3.15. The molecule has 0 radical (unpaired) electrons. The lowest BCUT2D eigenvalue weighted by Gasteiger charge is -2.32. The summed E-state index contributed by atoms with van der Waals surface area (Å²) in [7, 11) is 7.27. The molecule has 1 aliphatic heterocycles. The van der Waals surface area contributed by atoms with Gasteiger partial charge in [0, 0.05) is 25.3 Å².